The number of carbonyl (C=O) groups is 1. The van der Waals surface area contributed by atoms with Crippen molar-refractivity contribution >= 4 is 5.97 Å². The molecule has 4 nitrogen and oxygen atoms in total. The summed E-state index contributed by atoms with van der Waals surface area (Å²) in [7, 11) is 3.28. The van der Waals surface area contributed by atoms with Gasteiger partial charge in [-0.15, -0.1) is 0 Å². The Morgan fingerprint density at radius 2 is 2.26 bits per heavy atom. The topological polar surface area (TPSA) is 41.6 Å². The van der Waals surface area contributed by atoms with Crippen molar-refractivity contribution in [1.29, 1.82) is 0 Å². The van der Waals surface area contributed by atoms with E-state index >= 15 is 0 Å². The predicted octanol–water partition coefficient (Wildman–Crippen LogP) is 2.04. The maximum absolute atomic E-state index is 11.9. The Kier molecular flexibility index (Phi) is 6.27. The smallest absolute Gasteiger partial charge is 0.325 e. The van der Waals surface area contributed by atoms with E-state index in [0.29, 0.717) is 6.04 Å². The van der Waals surface area contributed by atoms with Gasteiger partial charge in [-0.25, -0.2) is 0 Å². The Morgan fingerprint density at radius 3 is 2.79 bits per heavy atom. The van der Waals surface area contributed by atoms with Crippen LogP contribution in [0.2, 0.25) is 0 Å². The molecule has 0 aromatic heterocycles. The summed E-state index contributed by atoms with van der Waals surface area (Å²) in [6.07, 6.45) is 4.68. The van der Waals surface area contributed by atoms with Gasteiger partial charge >= 0.3 is 5.97 Å². The van der Waals surface area contributed by atoms with Gasteiger partial charge < -0.3 is 15.0 Å². The molecule has 0 aromatic carbocycles. The van der Waals surface area contributed by atoms with Crippen LogP contribution in [0.1, 0.15) is 46.5 Å². The second kappa shape index (κ2) is 7.25. The fourth-order valence-electron chi connectivity index (χ4n) is 3.14. The zero-order chi connectivity index (χ0) is 14.5. The highest BCUT2D eigenvalue weighted by Crippen LogP contribution is 2.26. The molecule has 0 bridgehead atoms. The third-order valence-corrected chi connectivity index (χ3v) is 4.53. The average Bonchev–Trinajstić information content (AvgIpc) is 2.86. The van der Waals surface area contributed by atoms with Gasteiger partial charge in [-0.1, -0.05) is 13.3 Å². The SMILES string of the molecule is CCCC1CCN(C(C)CC(C)(NC)C(=O)OC)C1. The molecule has 19 heavy (non-hydrogen) atoms. The zero-order valence-electron chi connectivity index (χ0n) is 13.2. The summed E-state index contributed by atoms with van der Waals surface area (Å²) in [5.74, 6) is 0.664. The summed E-state index contributed by atoms with van der Waals surface area (Å²) in [5, 5.41) is 3.12. The molecule has 1 saturated heterocycles. The Labute approximate surface area is 117 Å². The summed E-state index contributed by atoms with van der Waals surface area (Å²) >= 11 is 0. The van der Waals surface area contributed by atoms with Gasteiger partial charge in [0.15, 0.2) is 0 Å². The van der Waals surface area contributed by atoms with E-state index in [9.17, 15) is 4.79 Å². The molecule has 1 rings (SSSR count). The molecule has 0 spiro atoms. The monoisotopic (exact) mass is 270 g/mol. The molecule has 1 aliphatic rings. The summed E-state index contributed by atoms with van der Waals surface area (Å²) in [5.41, 5.74) is -0.586. The van der Waals surface area contributed by atoms with Crippen LogP contribution in [-0.4, -0.2) is 49.7 Å². The van der Waals surface area contributed by atoms with Gasteiger partial charge in [0.2, 0.25) is 0 Å². The first kappa shape index (κ1) is 16.4. The van der Waals surface area contributed by atoms with Crippen LogP contribution in [0.4, 0.5) is 0 Å². The number of ether oxygens (including phenoxy) is 1. The quantitative estimate of drug-likeness (QED) is 0.719. The summed E-state index contributed by atoms with van der Waals surface area (Å²) in [4.78, 5) is 14.4. The second-order valence-electron chi connectivity index (χ2n) is 6.07. The molecule has 1 heterocycles. The number of methoxy groups -OCH3 is 1. The fourth-order valence-corrected chi connectivity index (χ4v) is 3.14. The van der Waals surface area contributed by atoms with E-state index in [1.807, 2.05) is 14.0 Å². The van der Waals surface area contributed by atoms with Crippen LogP contribution in [0, 0.1) is 5.92 Å². The maximum atomic E-state index is 11.9. The molecule has 1 fully saturated rings. The van der Waals surface area contributed by atoms with Crippen molar-refractivity contribution in [1.82, 2.24) is 10.2 Å². The Bertz CT molecular complexity index is 296. The van der Waals surface area contributed by atoms with Crippen LogP contribution in [0.15, 0.2) is 0 Å². The van der Waals surface area contributed by atoms with E-state index in [1.54, 1.807) is 0 Å². The van der Waals surface area contributed by atoms with Crippen molar-refractivity contribution in [3.05, 3.63) is 0 Å². The van der Waals surface area contributed by atoms with Gasteiger partial charge in [0.25, 0.3) is 0 Å². The van der Waals surface area contributed by atoms with Gasteiger partial charge in [-0.3, -0.25) is 4.79 Å². The van der Waals surface area contributed by atoms with E-state index in [0.717, 1.165) is 18.9 Å². The highest BCUT2D eigenvalue weighted by atomic mass is 16.5. The maximum Gasteiger partial charge on any atom is 0.325 e. The zero-order valence-corrected chi connectivity index (χ0v) is 13.2. The van der Waals surface area contributed by atoms with E-state index in [1.165, 1.54) is 32.9 Å². The third-order valence-electron chi connectivity index (χ3n) is 4.53. The van der Waals surface area contributed by atoms with Crippen molar-refractivity contribution in [2.75, 3.05) is 27.2 Å². The largest absolute Gasteiger partial charge is 0.468 e. The van der Waals surface area contributed by atoms with Crippen LogP contribution in [0.25, 0.3) is 0 Å². The van der Waals surface area contributed by atoms with Crippen molar-refractivity contribution in [2.24, 2.45) is 5.92 Å². The first-order valence-electron chi connectivity index (χ1n) is 7.48. The molecule has 112 valence electrons. The molecule has 1 aliphatic heterocycles. The Hall–Kier alpha value is -0.610. The average molecular weight is 270 g/mol. The molecule has 0 saturated carbocycles. The van der Waals surface area contributed by atoms with Crippen LogP contribution < -0.4 is 5.32 Å². The van der Waals surface area contributed by atoms with Crippen molar-refractivity contribution in [3.63, 3.8) is 0 Å². The molecule has 1 N–H and O–H groups in total. The van der Waals surface area contributed by atoms with E-state index in [2.05, 4.69) is 24.1 Å². The first-order chi connectivity index (χ1) is 8.96. The lowest BCUT2D eigenvalue weighted by atomic mass is 9.93. The Balaban J connectivity index is 2.54. The van der Waals surface area contributed by atoms with Gasteiger partial charge in [-0.2, -0.15) is 0 Å². The number of esters is 1. The predicted molar refractivity (Wildman–Crippen MR) is 78.1 cm³/mol. The van der Waals surface area contributed by atoms with Crippen molar-refractivity contribution in [3.8, 4) is 0 Å². The lowest BCUT2D eigenvalue weighted by molar-refractivity contribution is -0.148. The highest BCUT2D eigenvalue weighted by molar-refractivity contribution is 5.80. The standard InChI is InChI=1S/C15H30N2O2/c1-6-7-13-8-9-17(11-13)12(2)10-15(3,16-4)14(18)19-5/h12-13,16H,6-11H2,1-5H3. The lowest BCUT2D eigenvalue weighted by Gasteiger charge is -2.33. The molecule has 0 radical (unpaired) electrons. The fraction of sp³-hybridized carbons (Fsp3) is 0.933. The number of nitrogens with one attached hydrogen (secondary N) is 1. The lowest BCUT2D eigenvalue weighted by Crippen LogP contribution is -2.52. The number of rotatable bonds is 7. The van der Waals surface area contributed by atoms with Crippen molar-refractivity contribution in [2.45, 2.75) is 58.0 Å². The molecule has 4 heteroatoms. The van der Waals surface area contributed by atoms with Crippen LogP contribution in [0.5, 0.6) is 0 Å². The normalized spacial score (nSPS) is 25.0. The number of nitrogens with zero attached hydrogens (tertiary/aromatic N) is 1. The summed E-state index contributed by atoms with van der Waals surface area (Å²) in [6.45, 7) is 8.73. The molecule has 0 amide bonds. The number of hydrogen-bond donors (Lipinski definition) is 1. The first-order valence-corrected chi connectivity index (χ1v) is 7.48. The van der Waals surface area contributed by atoms with Crippen LogP contribution in [-0.2, 0) is 9.53 Å². The summed E-state index contributed by atoms with van der Waals surface area (Å²) < 4.78 is 4.91. The van der Waals surface area contributed by atoms with Gasteiger partial charge in [-0.05, 0) is 52.6 Å². The third kappa shape index (κ3) is 4.18. The summed E-state index contributed by atoms with van der Waals surface area (Å²) in [6, 6.07) is 0.401. The molecular formula is C15H30N2O2. The molecule has 0 aromatic rings. The molecular weight excluding hydrogens is 240 g/mol. The van der Waals surface area contributed by atoms with E-state index in [-0.39, 0.29) is 5.97 Å². The number of likely N-dealkylation sites (N-methyl/N-ethyl adjacent to an activating group) is 1. The number of hydrogen-bond acceptors (Lipinski definition) is 4. The number of likely N-dealkylation sites (tertiary alicyclic amines) is 1. The van der Waals surface area contributed by atoms with Gasteiger partial charge in [0.1, 0.15) is 5.54 Å². The molecule has 0 aliphatic carbocycles. The number of carbonyl (C=O) groups excluding carboxylic acids is 1. The minimum Gasteiger partial charge on any atom is -0.468 e. The minimum absolute atomic E-state index is 0.175. The van der Waals surface area contributed by atoms with E-state index in [4.69, 9.17) is 4.74 Å². The second-order valence-corrected chi connectivity index (χ2v) is 6.07. The molecule has 3 atom stereocenters. The van der Waals surface area contributed by atoms with Gasteiger partial charge in [0, 0.05) is 12.6 Å². The Morgan fingerprint density at radius 1 is 1.58 bits per heavy atom. The van der Waals surface area contributed by atoms with E-state index < -0.39 is 5.54 Å². The van der Waals surface area contributed by atoms with Gasteiger partial charge in [0.05, 0.1) is 7.11 Å². The molecule has 3 unspecified atom stereocenters. The van der Waals surface area contributed by atoms with Crippen LogP contribution in [0.3, 0.4) is 0 Å². The van der Waals surface area contributed by atoms with Crippen molar-refractivity contribution < 1.29 is 9.53 Å². The highest BCUT2D eigenvalue weighted by Gasteiger charge is 2.37. The minimum atomic E-state index is -0.586. The van der Waals surface area contributed by atoms with Crippen LogP contribution >= 0.6 is 0 Å².